The van der Waals surface area contributed by atoms with E-state index in [-0.39, 0.29) is 17.9 Å². The summed E-state index contributed by atoms with van der Waals surface area (Å²) in [6.07, 6.45) is 0.789. The molecule has 4 nitrogen and oxygen atoms in total. The predicted molar refractivity (Wildman–Crippen MR) is 92.8 cm³/mol. The van der Waals surface area contributed by atoms with Crippen LogP contribution in [0.2, 0.25) is 0 Å². The molecule has 0 saturated heterocycles. The first-order chi connectivity index (χ1) is 11.7. The van der Waals surface area contributed by atoms with E-state index in [1.54, 1.807) is 13.2 Å². The predicted octanol–water partition coefficient (Wildman–Crippen LogP) is 3.87. The highest BCUT2D eigenvalue weighted by Gasteiger charge is 2.24. The number of hydrogen-bond donors (Lipinski definition) is 2. The molecule has 0 bridgehead atoms. The molecule has 1 heterocycles. The van der Waals surface area contributed by atoms with Gasteiger partial charge in [0.05, 0.1) is 13.2 Å². The summed E-state index contributed by atoms with van der Waals surface area (Å²) in [4.78, 5) is 12.8. The van der Waals surface area contributed by atoms with Crippen molar-refractivity contribution in [1.29, 1.82) is 0 Å². The first-order valence-electron chi connectivity index (χ1n) is 7.76. The van der Waals surface area contributed by atoms with Crippen molar-refractivity contribution in [1.82, 2.24) is 10.6 Å². The van der Waals surface area contributed by atoms with E-state index in [1.165, 1.54) is 17.8 Å². The van der Waals surface area contributed by atoms with Gasteiger partial charge in [0, 0.05) is 17.2 Å². The Morgan fingerprint density at radius 2 is 2.08 bits per heavy atom. The van der Waals surface area contributed by atoms with Gasteiger partial charge in [0.15, 0.2) is 0 Å². The number of thioether (sulfide) groups is 1. The fourth-order valence-corrected chi connectivity index (χ4v) is 3.81. The molecule has 0 spiro atoms. The molecule has 0 aliphatic carbocycles. The highest BCUT2D eigenvalue weighted by molar-refractivity contribution is 7.99. The van der Waals surface area contributed by atoms with Crippen LogP contribution in [0.1, 0.15) is 23.6 Å². The number of amides is 2. The van der Waals surface area contributed by atoms with Crippen LogP contribution in [0, 0.1) is 5.82 Å². The molecule has 3 rings (SSSR count). The molecular weight excluding hydrogens is 327 g/mol. The maximum atomic E-state index is 13.9. The van der Waals surface area contributed by atoms with Gasteiger partial charge in [-0.2, -0.15) is 0 Å². The molecule has 126 valence electrons. The number of fused-ring (bicyclic) bond motifs is 1. The van der Waals surface area contributed by atoms with Gasteiger partial charge in [-0.25, -0.2) is 9.18 Å². The Morgan fingerprint density at radius 1 is 1.29 bits per heavy atom. The van der Waals surface area contributed by atoms with Gasteiger partial charge in [-0.05, 0) is 35.7 Å². The third kappa shape index (κ3) is 3.82. The maximum Gasteiger partial charge on any atom is 0.315 e. The van der Waals surface area contributed by atoms with Crippen LogP contribution in [-0.4, -0.2) is 18.9 Å². The van der Waals surface area contributed by atoms with Crippen molar-refractivity contribution in [3.63, 3.8) is 0 Å². The number of nitrogens with one attached hydrogen (secondary N) is 2. The molecule has 24 heavy (non-hydrogen) atoms. The quantitative estimate of drug-likeness (QED) is 0.883. The first-order valence-corrected chi connectivity index (χ1v) is 8.74. The second-order valence-corrected chi connectivity index (χ2v) is 6.63. The smallest absolute Gasteiger partial charge is 0.315 e. The molecule has 0 aromatic heterocycles. The summed E-state index contributed by atoms with van der Waals surface area (Å²) in [5.74, 6) is 1.35. The summed E-state index contributed by atoms with van der Waals surface area (Å²) in [7, 11) is 1.61. The fraction of sp³-hybridized carbons (Fsp3) is 0.278. The van der Waals surface area contributed by atoms with E-state index in [4.69, 9.17) is 4.74 Å². The Labute approximate surface area is 144 Å². The second-order valence-electron chi connectivity index (χ2n) is 5.52. The largest absolute Gasteiger partial charge is 0.497 e. The van der Waals surface area contributed by atoms with Gasteiger partial charge in [-0.1, -0.05) is 24.3 Å². The van der Waals surface area contributed by atoms with Crippen LogP contribution in [0.15, 0.2) is 47.4 Å². The Kier molecular flexibility index (Phi) is 5.25. The zero-order valence-corrected chi connectivity index (χ0v) is 14.2. The number of urea groups is 1. The standard InChI is InChI=1S/C18H19FN2O2S/c1-23-13-7-5-12(6-8-13)11-20-18(22)21-16-9-10-24-17-14(16)3-2-4-15(17)19/h2-8,16H,9-11H2,1H3,(H2,20,21,22). The second kappa shape index (κ2) is 7.57. The zero-order chi connectivity index (χ0) is 16.9. The zero-order valence-electron chi connectivity index (χ0n) is 13.3. The summed E-state index contributed by atoms with van der Waals surface area (Å²) in [6.45, 7) is 0.424. The van der Waals surface area contributed by atoms with Gasteiger partial charge in [0.2, 0.25) is 0 Å². The Morgan fingerprint density at radius 3 is 2.83 bits per heavy atom. The molecule has 0 saturated carbocycles. The minimum atomic E-state index is -0.252. The molecule has 1 aliphatic heterocycles. The van der Waals surface area contributed by atoms with Crippen molar-refractivity contribution in [3.05, 3.63) is 59.4 Å². The van der Waals surface area contributed by atoms with Gasteiger partial charge in [-0.15, -0.1) is 11.8 Å². The minimum Gasteiger partial charge on any atom is -0.497 e. The van der Waals surface area contributed by atoms with Gasteiger partial charge < -0.3 is 15.4 Å². The maximum absolute atomic E-state index is 13.9. The van der Waals surface area contributed by atoms with Gasteiger partial charge in [-0.3, -0.25) is 0 Å². The van der Waals surface area contributed by atoms with Crippen LogP contribution in [0.3, 0.4) is 0 Å². The lowest BCUT2D eigenvalue weighted by Crippen LogP contribution is -2.38. The third-order valence-electron chi connectivity index (χ3n) is 3.94. The van der Waals surface area contributed by atoms with Crippen LogP contribution >= 0.6 is 11.8 Å². The van der Waals surface area contributed by atoms with Gasteiger partial charge in [0.25, 0.3) is 0 Å². The monoisotopic (exact) mass is 346 g/mol. The van der Waals surface area contributed by atoms with Crippen LogP contribution in [0.25, 0.3) is 0 Å². The Balaban J connectivity index is 1.58. The molecule has 6 heteroatoms. The molecule has 1 aliphatic rings. The Hall–Kier alpha value is -2.21. The van der Waals surface area contributed by atoms with Crippen molar-refractivity contribution in [3.8, 4) is 5.75 Å². The number of halogens is 1. The van der Waals surface area contributed by atoms with E-state index in [0.29, 0.717) is 11.4 Å². The lowest BCUT2D eigenvalue weighted by molar-refractivity contribution is 0.236. The van der Waals surface area contributed by atoms with Gasteiger partial charge in [0.1, 0.15) is 11.6 Å². The average Bonchev–Trinajstić information content (AvgIpc) is 2.61. The third-order valence-corrected chi connectivity index (χ3v) is 5.10. The number of carbonyl (C=O) groups excluding carboxylic acids is 1. The summed E-state index contributed by atoms with van der Waals surface area (Å²) in [6, 6.07) is 12.1. The van der Waals surface area contributed by atoms with E-state index in [9.17, 15) is 9.18 Å². The first kappa shape index (κ1) is 16.6. The molecule has 0 fully saturated rings. The van der Waals surface area contributed by atoms with E-state index < -0.39 is 0 Å². The van der Waals surface area contributed by atoms with E-state index in [2.05, 4.69) is 10.6 Å². The number of methoxy groups -OCH3 is 1. The molecule has 2 aromatic carbocycles. The topological polar surface area (TPSA) is 50.4 Å². The number of ether oxygens (including phenoxy) is 1. The SMILES string of the molecule is COc1ccc(CNC(=O)NC2CCSc3c(F)cccc32)cc1. The van der Waals surface area contributed by atoms with Crippen molar-refractivity contribution in [2.24, 2.45) is 0 Å². The van der Waals surface area contributed by atoms with E-state index in [0.717, 1.165) is 29.1 Å². The molecule has 2 aromatic rings. The molecule has 2 N–H and O–H groups in total. The van der Waals surface area contributed by atoms with Crippen molar-refractivity contribution >= 4 is 17.8 Å². The van der Waals surface area contributed by atoms with Crippen molar-refractivity contribution in [2.75, 3.05) is 12.9 Å². The molecule has 1 atom stereocenters. The van der Waals surface area contributed by atoms with E-state index in [1.807, 2.05) is 30.3 Å². The molecular formula is C18H19FN2O2S. The number of hydrogen-bond acceptors (Lipinski definition) is 3. The summed E-state index contributed by atoms with van der Waals surface area (Å²) < 4.78 is 19.0. The number of rotatable bonds is 4. The molecule has 0 radical (unpaired) electrons. The lowest BCUT2D eigenvalue weighted by Gasteiger charge is -2.26. The van der Waals surface area contributed by atoms with Crippen LogP contribution < -0.4 is 15.4 Å². The minimum absolute atomic E-state index is 0.159. The highest BCUT2D eigenvalue weighted by atomic mass is 32.2. The highest BCUT2D eigenvalue weighted by Crippen LogP contribution is 2.37. The van der Waals surface area contributed by atoms with E-state index >= 15 is 0 Å². The van der Waals surface area contributed by atoms with Crippen LogP contribution in [0.4, 0.5) is 9.18 Å². The van der Waals surface area contributed by atoms with Gasteiger partial charge >= 0.3 is 6.03 Å². The average molecular weight is 346 g/mol. The summed E-state index contributed by atoms with van der Waals surface area (Å²) in [5.41, 5.74) is 1.84. The Bertz CT molecular complexity index is 721. The van der Waals surface area contributed by atoms with Crippen LogP contribution in [-0.2, 0) is 6.54 Å². The normalized spacial score (nSPS) is 16.2. The van der Waals surface area contributed by atoms with Crippen molar-refractivity contribution < 1.29 is 13.9 Å². The van der Waals surface area contributed by atoms with Crippen LogP contribution in [0.5, 0.6) is 5.75 Å². The number of benzene rings is 2. The summed E-state index contributed by atoms with van der Waals surface area (Å²) in [5, 5.41) is 5.78. The van der Waals surface area contributed by atoms with Crippen molar-refractivity contribution in [2.45, 2.75) is 23.9 Å². The fourth-order valence-electron chi connectivity index (χ4n) is 2.67. The lowest BCUT2D eigenvalue weighted by atomic mass is 10.0. The number of carbonyl (C=O) groups is 1. The molecule has 1 unspecified atom stereocenters. The summed E-state index contributed by atoms with van der Waals surface area (Å²) >= 11 is 1.50. The molecule has 2 amide bonds.